The maximum atomic E-state index is 5.69. The van der Waals surface area contributed by atoms with E-state index in [1.54, 1.807) is 0 Å². The number of nitrogens with zero attached hydrogens (tertiary/aromatic N) is 1. The molecule has 0 bridgehead atoms. The lowest BCUT2D eigenvalue weighted by atomic mass is 10.4. The third-order valence-corrected chi connectivity index (χ3v) is 1.83. The van der Waals surface area contributed by atoms with E-state index in [1.807, 2.05) is 13.8 Å². The Morgan fingerprint density at radius 2 is 2.25 bits per heavy atom. The molecule has 0 heterocycles. The highest BCUT2D eigenvalue weighted by atomic mass is 16.5. The van der Waals surface area contributed by atoms with E-state index in [1.165, 1.54) is 12.8 Å². The SMILES string of the molecule is CC(C)OCCN=C(N)C1CC1. The van der Waals surface area contributed by atoms with Crippen LogP contribution in [0.25, 0.3) is 0 Å². The van der Waals surface area contributed by atoms with E-state index in [-0.39, 0.29) is 0 Å². The first-order valence-electron chi connectivity index (χ1n) is 4.61. The molecule has 1 fully saturated rings. The number of ether oxygens (including phenoxy) is 1. The first kappa shape index (κ1) is 9.52. The molecule has 3 heteroatoms. The fourth-order valence-electron chi connectivity index (χ4n) is 0.971. The predicted molar refractivity (Wildman–Crippen MR) is 50.3 cm³/mol. The van der Waals surface area contributed by atoms with Crippen molar-refractivity contribution in [2.75, 3.05) is 13.2 Å². The zero-order valence-electron chi connectivity index (χ0n) is 7.92. The number of hydrogen-bond donors (Lipinski definition) is 1. The van der Waals surface area contributed by atoms with Gasteiger partial charge in [0.1, 0.15) is 0 Å². The van der Waals surface area contributed by atoms with Crippen molar-refractivity contribution in [2.24, 2.45) is 16.6 Å². The highest BCUT2D eigenvalue weighted by molar-refractivity contribution is 5.84. The Kier molecular flexibility index (Phi) is 3.53. The van der Waals surface area contributed by atoms with Gasteiger partial charge in [0, 0.05) is 5.92 Å². The Bertz CT molecular complexity index is 162. The molecule has 3 nitrogen and oxygen atoms in total. The molecule has 12 heavy (non-hydrogen) atoms. The summed E-state index contributed by atoms with van der Waals surface area (Å²) in [7, 11) is 0. The second-order valence-corrected chi connectivity index (χ2v) is 3.50. The third kappa shape index (κ3) is 3.72. The van der Waals surface area contributed by atoms with Crippen molar-refractivity contribution in [3.05, 3.63) is 0 Å². The molecule has 0 spiro atoms. The lowest BCUT2D eigenvalue weighted by Crippen LogP contribution is -2.16. The molecule has 0 amide bonds. The number of hydrogen-bond acceptors (Lipinski definition) is 2. The van der Waals surface area contributed by atoms with Gasteiger partial charge in [-0.15, -0.1) is 0 Å². The quantitative estimate of drug-likeness (QED) is 0.382. The predicted octanol–water partition coefficient (Wildman–Crippen LogP) is 1.18. The molecule has 0 radical (unpaired) electrons. The molecular weight excluding hydrogens is 152 g/mol. The van der Waals surface area contributed by atoms with Gasteiger partial charge >= 0.3 is 0 Å². The lowest BCUT2D eigenvalue weighted by molar-refractivity contribution is 0.0853. The van der Waals surface area contributed by atoms with Gasteiger partial charge in [0.25, 0.3) is 0 Å². The zero-order valence-corrected chi connectivity index (χ0v) is 7.92. The summed E-state index contributed by atoms with van der Waals surface area (Å²) < 4.78 is 5.33. The van der Waals surface area contributed by atoms with Gasteiger partial charge in [0.15, 0.2) is 0 Å². The molecule has 1 rings (SSSR count). The van der Waals surface area contributed by atoms with Crippen LogP contribution in [0.5, 0.6) is 0 Å². The molecule has 0 aromatic heterocycles. The standard InChI is InChI=1S/C9H18N2O/c1-7(2)12-6-5-11-9(10)8-3-4-8/h7-8H,3-6H2,1-2H3,(H2,10,11). The summed E-state index contributed by atoms with van der Waals surface area (Å²) in [4.78, 5) is 4.23. The van der Waals surface area contributed by atoms with Crippen LogP contribution in [0.15, 0.2) is 4.99 Å². The van der Waals surface area contributed by atoms with Gasteiger partial charge in [-0.2, -0.15) is 0 Å². The summed E-state index contributed by atoms with van der Waals surface area (Å²) in [6, 6.07) is 0. The van der Waals surface area contributed by atoms with Crippen molar-refractivity contribution in [1.82, 2.24) is 0 Å². The summed E-state index contributed by atoms with van der Waals surface area (Å²) in [5.74, 6) is 1.41. The number of aliphatic imine (C=N–C) groups is 1. The number of nitrogens with two attached hydrogens (primary N) is 1. The average Bonchev–Trinajstić information content (AvgIpc) is 2.79. The van der Waals surface area contributed by atoms with Crippen molar-refractivity contribution >= 4 is 5.84 Å². The Balaban J connectivity index is 2.03. The molecule has 0 aromatic carbocycles. The van der Waals surface area contributed by atoms with Gasteiger partial charge in [-0.25, -0.2) is 0 Å². The number of rotatable bonds is 5. The van der Waals surface area contributed by atoms with E-state index in [4.69, 9.17) is 10.5 Å². The monoisotopic (exact) mass is 170 g/mol. The van der Waals surface area contributed by atoms with Crippen molar-refractivity contribution in [1.29, 1.82) is 0 Å². The molecule has 1 saturated carbocycles. The van der Waals surface area contributed by atoms with E-state index in [2.05, 4.69) is 4.99 Å². The maximum Gasteiger partial charge on any atom is 0.0969 e. The van der Waals surface area contributed by atoms with E-state index < -0.39 is 0 Å². The Morgan fingerprint density at radius 1 is 1.58 bits per heavy atom. The molecule has 2 N–H and O–H groups in total. The number of amidine groups is 1. The van der Waals surface area contributed by atoms with Crippen LogP contribution in [0.3, 0.4) is 0 Å². The average molecular weight is 170 g/mol. The molecular formula is C9H18N2O. The molecule has 0 unspecified atom stereocenters. The fraction of sp³-hybridized carbons (Fsp3) is 0.889. The Hall–Kier alpha value is -0.570. The minimum Gasteiger partial charge on any atom is -0.387 e. The molecule has 1 aliphatic carbocycles. The largest absolute Gasteiger partial charge is 0.387 e. The van der Waals surface area contributed by atoms with Gasteiger partial charge in [-0.05, 0) is 26.7 Å². The minimum atomic E-state index is 0.294. The topological polar surface area (TPSA) is 47.6 Å². The first-order chi connectivity index (χ1) is 5.70. The van der Waals surface area contributed by atoms with E-state index >= 15 is 0 Å². The van der Waals surface area contributed by atoms with Gasteiger partial charge in [0.2, 0.25) is 0 Å². The van der Waals surface area contributed by atoms with Crippen molar-refractivity contribution in [3.63, 3.8) is 0 Å². The summed E-state index contributed by atoms with van der Waals surface area (Å²) in [6.45, 7) is 5.44. The van der Waals surface area contributed by atoms with Crippen LogP contribution in [0.1, 0.15) is 26.7 Å². The third-order valence-electron chi connectivity index (χ3n) is 1.83. The minimum absolute atomic E-state index is 0.294. The summed E-state index contributed by atoms with van der Waals surface area (Å²) in [5, 5.41) is 0. The Labute approximate surface area is 74.0 Å². The van der Waals surface area contributed by atoms with Crippen LogP contribution in [0, 0.1) is 5.92 Å². The Morgan fingerprint density at radius 3 is 2.75 bits per heavy atom. The highest BCUT2D eigenvalue weighted by Crippen LogP contribution is 2.28. The second kappa shape index (κ2) is 4.45. The van der Waals surface area contributed by atoms with Gasteiger partial charge < -0.3 is 10.5 Å². The molecule has 0 aromatic rings. The van der Waals surface area contributed by atoms with E-state index in [9.17, 15) is 0 Å². The lowest BCUT2D eigenvalue weighted by Gasteiger charge is -2.04. The van der Waals surface area contributed by atoms with Crippen LogP contribution in [0.4, 0.5) is 0 Å². The second-order valence-electron chi connectivity index (χ2n) is 3.50. The zero-order chi connectivity index (χ0) is 8.97. The van der Waals surface area contributed by atoms with E-state index in [0.717, 1.165) is 5.84 Å². The van der Waals surface area contributed by atoms with Gasteiger partial charge in [-0.3, -0.25) is 4.99 Å². The smallest absolute Gasteiger partial charge is 0.0969 e. The van der Waals surface area contributed by atoms with Crippen LogP contribution in [0.2, 0.25) is 0 Å². The normalized spacial score (nSPS) is 18.8. The highest BCUT2D eigenvalue weighted by Gasteiger charge is 2.24. The maximum absolute atomic E-state index is 5.69. The molecule has 70 valence electrons. The summed E-state index contributed by atoms with van der Waals surface area (Å²) >= 11 is 0. The summed E-state index contributed by atoms with van der Waals surface area (Å²) in [6.07, 6.45) is 2.74. The van der Waals surface area contributed by atoms with Crippen LogP contribution < -0.4 is 5.73 Å². The van der Waals surface area contributed by atoms with Crippen LogP contribution >= 0.6 is 0 Å². The molecule has 0 aliphatic heterocycles. The summed E-state index contributed by atoms with van der Waals surface area (Å²) in [5.41, 5.74) is 5.69. The molecule has 1 aliphatic rings. The first-order valence-corrected chi connectivity index (χ1v) is 4.61. The fourth-order valence-corrected chi connectivity index (χ4v) is 0.971. The van der Waals surface area contributed by atoms with Crippen LogP contribution in [-0.4, -0.2) is 25.1 Å². The van der Waals surface area contributed by atoms with E-state index in [0.29, 0.717) is 25.2 Å². The van der Waals surface area contributed by atoms with Crippen molar-refractivity contribution < 1.29 is 4.74 Å². The van der Waals surface area contributed by atoms with Crippen molar-refractivity contribution in [3.8, 4) is 0 Å². The van der Waals surface area contributed by atoms with Crippen LogP contribution in [-0.2, 0) is 4.74 Å². The molecule has 0 atom stereocenters. The van der Waals surface area contributed by atoms with Gasteiger partial charge in [0.05, 0.1) is 25.1 Å². The molecule has 0 saturated heterocycles. The van der Waals surface area contributed by atoms with Crippen molar-refractivity contribution in [2.45, 2.75) is 32.8 Å². The van der Waals surface area contributed by atoms with Gasteiger partial charge in [-0.1, -0.05) is 0 Å².